The summed E-state index contributed by atoms with van der Waals surface area (Å²) in [5, 5.41) is 7.17. The molecule has 2 aromatic rings. The van der Waals surface area contributed by atoms with Crippen molar-refractivity contribution in [1.82, 2.24) is 0 Å². The van der Waals surface area contributed by atoms with E-state index in [4.69, 9.17) is 33.3 Å². The van der Waals surface area contributed by atoms with E-state index in [0.29, 0.717) is 27.3 Å². The highest BCUT2D eigenvalue weighted by molar-refractivity contribution is 9.10. The van der Waals surface area contributed by atoms with Gasteiger partial charge in [0.1, 0.15) is 11.5 Å². The third-order valence-corrected chi connectivity index (χ3v) is 4.27. The molecule has 0 aliphatic rings. The number of halogens is 2. The topological polar surface area (TPSA) is 42.5 Å². The Morgan fingerprint density at radius 1 is 1.09 bits per heavy atom. The molecule has 0 saturated heterocycles. The average Bonchev–Trinajstić information content (AvgIpc) is 2.50. The summed E-state index contributed by atoms with van der Waals surface area (Å²) in [5.74, 6) is 1.37. The Labute approximate surface area is 147 Å². The van der Waals surface area contributed by atoms with E-state index in [9.17, 15) is 0 Å². The van der Waals surface area contributed by atoms with Gasteiger partial charge < -0.3 is 20.1 Å². The van der Waals surface area contributed by atoms with E-state index in [1.165, 1.54) is 0 Å². The summed E-state index contributed by atoms with van der Waals surface area (Å²) in [6.07, 6.45) is 0. The van der Waals surface area contributed by atoms with Crippen molar-refractivity contribution in [3.8, 4) is 11.5 Å². The first-order valence-electron chi connectivity index (χ1n) is 6.28. The summed E-state index contributed by atoms with van der Waals surface area (Å²) in [6, 6.07) is 10.9. The van der Waals surface area contributed by atoms with Gasteiger partial charge in [-0.05, 0) is 58.5 Å². The molecular formula is C15H14BrClN2O2S. The van der Waals surface area contributed by atoms with Crippen molar-refractivity contribution in [1.29, 1.82) is 0 Å². The van der Waals surface area contributed by atoms with Gasteiger partial charge in [-0.3, -0.25) is 0 Å². The molecule has 0 aliphatic heterocycles. The number of anilines is 2. The lowest BCUT2D eigenvalue weighted by molar-refractivity contribution is 0.405. The molecular weight excluding hydrogens is 388 g/mol. The molecule has 0 bridgehead atoms. The fourth-order valence-electron chi connectivity index (χ4n) is 1.77. The Morgan fingerprint density at radius 2 is 1.86 bits per heavy atom. The number of methoxy groups -OCH3 is 2. The van der Waals surface area contributed by atoms with E-state index in [0.717, 1.165) is 10.2 Å². The minimum Gasteiger partial charge on any atom is -0.497 e. The van der Waals surface area contributed by atoms with E-state index in [1.54, 1.807) is 32.4 Å². The smallest absolute Gasteiger partial charge is 0.175 e. The molecule has 2 rings (SSSR count). The highest BCUT2D eigenvalue weighted by atomic mass is 79.9. The van der Waals surface area contributed by atoms with Crippen molar-refractivity contribution < 1.29 is 9.47 Å². The number of hydrogen-bond acceptors (Lipinski definition) is 3. The van der Waals surface area contributed by atoms with E-state index >= 15 is 0 Å². The summed E-state index contributed by atoms with van der Waals surface area (Å²) in [4.78, 5) is 0. The Hall–Kier alpha value is -1.50. The lowest BCUT2D eigenvalue weighted by Gasteiger charge is -2.14. The fraction of sp³-hybridized carbons (Fsp3) is 0.133. The molecule has 0 spiro atoms. The molecule has 0 atom stereocenters. The zero-order chi connectivity index (χ0) is 16.1. The van der Waals surface area contributed by atoms with Gasteiger partial charge in [-0.25, -0.2) is 0 Å². The Bertz CT molecular complexity index is 697. The van der Waals surface area contributed by atoms with Crippen LogP contribution in [-0.4, -0.2) is 19.3 Å². The Kier molecular flexibility index (Phi) is 5.88. The summed E-state index contributed by atoms with van der Waals surface area (Å²) in [5.41, 5.74) is 1.50. The standard InChI is InChI=1S/C15H14BrClN2O2S/c1-20-10-4-6-14(21-2)13(8-10)19-15(22)18-9-3-5-11(16)12(17)7-9/h3-8H,1-2H3,(H2,18,19,22). The molecule has 2 aromatic carbocycles. The molecule has 0 radical (unpaired) electrons. The van der Waals surface area contributed by atoms with Crippen molar-refractivity contribution in [2.24, 2.45) is 0 Å². The highest BCUT2D eigenvalue weighted by Crippen LogP contribution is 2.29. The first-order valence-corrected chi connectivity index (χ1v) is 7.86. The first-order chi connectivity index (χ1) is 10.5. The van der Waals surface area contributed by atoms with Gasteiger partial charge in [0.15, 0.2) is 5.11 Å². The van der Waals surface area contributed by atoms with Crippen molar-refractivity contribution in [3.05, 3.63) is 45.9 Å². The highest BCUT2D eigenvalue weighted by Gasteiger charge is 2.08. The van der Waals surface area contributed by atoms with E-state index in [1.807, 2.05) is 18.2 Å². The van der Waals surface area contributed by atoms with Crippen LogP contribution in [0.25, 0.3) is 0 Å². The summed E-state index contributed by atoms with van der Waals surface area (Å²) < 4.78 is 11.3. The van der Waals surface area contributed by atoms with Crippen LogP contribution >= 0.6 is 39.7 Å². The summed E-state index contributed by atoms with van der Waals surface area (Å²) >= 11 is 14.7. The van der Waals surface area contributed by atoms with Crippen LogP contribution in [0.15, 0.2) is 40.9 Å². The zero-order valence-electron chi connectivity index (χ0n) is 11.9. The third kappa shape index (κ3) is 4.25. The molecule has 7 heteroatoms. The normalized spacial score (nSPS) is 10.0. The molecule has 4 nitrogen and oxygen atoms in total. The van der Waals surface area contributed by atoms with Crippen LogP contribution in [0.5, 0.6) is 11.5 Å². The molecule has 2 N–H and O–H groups in total. The van der Waals surface area contributed by atoms with Crippen molar-refractivity contribution in [2.75, 3.05) is 24.9 Å². The molecule has 0 fully saturated rings. The van der Waals surface area contributed by atoms with E-state index < -0.39 is 0 Å². The molecule has 0 unspecified atom stereocenters. The molecule has 0 amide bonds. The van der Waals surface area contributed by atoms with Gasteiger partial charge in [0.05, 0.1) is 24.9 Å². The largest absolute Gasteiger partial charge is 0.497 e. The molecule has 0 saturated carbocycles. The van der Waals surface area contributed by atoms with Crippen LogP contribution in [0, 0.1) is 0 Å². The molecule has 0 aliphatic carbocycles. The molecule has 22 heavy (non-hydrogen) atoms. The number of nitrogens with one attached hydrogen (secondary N) is 2. The van der Waals surface area contributed by atoms with Crippen LogP contribution in [-0.2, 0) is 0 Å². The summed E-state index contributed by atoms with van der Waals surface area (Å²) in [7, 11) is 3.20. The number of benzene rings is 2. The van der Waals surface area contributed by atoms with Gasteiger partial charge in [0.2, 0.25) is 0 Å². The number of hydrogen-bond donors (Lipinski definition) is 2. The zero-order valence-corrected chi connectivity index (χ0v) is 15.1. The quantitative estimate of drug-likeness (QED) is 0.711. The Morgan fingerprint density at radius 3 is 2.50 bits per heavy atom. The van der Waals surface area contributed by atoms with Gasteiger partial charge in [0, 0.05) is 16.2 Å². The second kappa shape index (κ2) is 7.67. The minimum absolute atomic E-state index is 0.421. The van der Waals surface area contributed by atoms with Gasteiger partial charge in [-0.15, -0.1) is 0 Å². The predicted molar refractivity (Wildman–Crippen MR) is 98.5 cm³/mol. The van der Waals surface area contributed by atoms with Crippen LogP contribution in [0.3, 0.4) is 0 Å². The van der Waals surface area contributed by atoms with E-state index in [-0.39, 0.29) is 0 Å². The van der Waals surface area contributed by atoms with Crippen LogP contribution in [0.4, 0.5) is 11.4 Å². The monoisotopic (exact) mass is 400 g/mol. The molecule has 0 heterocycles. The lowest BCUT2D eigenvalue weighted by Crippen LogP contribution is -2.19. The maximum absolute atomic E-state index is 6.06. The van der Waals surface area contributed by atoms with Gasteiger partial charge in [-0.2, -0.15) is 0 Å². The van der Waals surface area contributed by atoms with Crippen LogP contribution < -0.4 is 20.1 Å². The predicted octanol–water partition coefficient (Wildman–Crippen LogP) is 4.93. The maximum atomic E-state index is 6.06. The maximum Gasteiger partial charge on any atom is 0.175 e. The Balaban J connectivity index is 2.12. The minimum atomic E-state index is 0.421. The van der Waals surface area contributed by atoms with Gasteiger partial charge in [0.25, 0.3) is 0 Å². The lowest BCUT2D eigenvalue weighted by atomic mass is 10.2. The van der Waals surface area contributed by atoms with E-state index in [2.05, 4.69) is 26.6 Å². The second-order valence-corrected chi connectivity index (χ2v) is 5.94. The van der Waals surface area contributed by atoms with Gasteiger partial charge >= 0.3 is 0 Å². The SMILES string of the molecule is COc1ccc(OC)c(NC(=S)Nc2ccc(Br)c(Cl)c2)c1. The van der Waals surface area contributed by atoms with Crippen molar-refractivity contribution >= 4 is 56.2 Å². The average molecular weight is 402 g/mol. The van der Waals surface area contributed by atoms with Crippen LogP contribution in [0.1, 0.15) is 0 Å². The number of thiocarbonyl (C=S) groups is 1. The number of rotatable bonds is 4. The summed E-state index contributed by atoms with van der Waals surface area (Å²) in [6.45, 7) is 0. The van der Waals surface area contributed by atoms with Gasteiger partial charge in [-0.1, -0.05) is 11.6 Å². The van der Waals surface area contributed by atoms with Crippen molar-refractivity contribution in [3.63, 3.8) is 0 Å². The van der Waals surface area contributed by atoms with Crippen molar-refractivity contribution in [2.45, 2.75) is 0 Å². The molecule has 116 valence electrons. The fourth-order valence-corrected chi connectivity index (χ4v) is 2.43. The first kappa shape index (κ1) is 16.9. The second-order valence-electron chi connectivity index (χ2n) is 4.27. The molecule has 0 aromatic heterocycles. The van der Waals surface area contributed by atoms with Crippen LogP contribution in [0.2, 0.25) is 5.02 Å². The number of ether oxygens (including phenoxy) is 2. The third-order valence-electron chi connectivity index (χ3n) is 2.83.